The normalized spacial score (nSPS) is 14.0. The van der Waals surface area contributed by atoms with E-state index in [2.05, 4.69) is 9.88 Å². The van der Waals surface area contributed by atoms with E-state index in [9.17, 15) is 0 Å². The summed E-state index contributed by atoms with van der Waals surface area (Å²) in [6, 6.07) is 15.9. The maximum Gasteiger partial charge on any atom is 0.226 e. The Balaban J connectivity index is 1.78. The first-order valence-electron chi connectivity index (χ1n) is 9.27. The molecule has 2 aromatic carbocycles. The van der Waals surface area contributed by atoms with Crippen molar-refractivity contribution in [3.05, 3.63) is 54.7 Å². The maximum atomic E-state index is 5.45. The van der Waals surface area contributed by atoms with E-state index in [0.717, 1.165) is 52.9 Å². The number of benzene rings is 2. The number of hydrogen-bond acceptors (Lipinski definition) is 6. The zero-order chi connectivity index (χ0) is 19.3. The Morgan fingerprint density at radius 2 is 1.39 bits per heavy atom. The molecule has 0 unspecified atom stereocenters. The molecule has 6 heteroatoms. The van der Waals surface area contributed by atoms with Crippen molar-refractivity contribution < 1.29 is 14.2 Å². The molecule has 1 aliphatic rings. The second kappa shape index (κ2) is 8.27. The second-order valence-electron chi connectivity index (χ2n) is 6.49. The lowest BCUT2D eigenvalue weighted by atomic mass is 10.0. The van der Waals surface area contributed by atoms with Crippen molar-refractivity contribution in [3.63, 3.8) is 0 Å². The molecule has 1 aromatic heterocycles. The summed E-state index contributed by atoms with van der Waals surface area (Å²) in [5.41, 5.74) is 3.93. The Hall–Kier alpha value is -3.12. The van der Waals surface area contributed by atoms with Gasteiger partial charge in [0.25, 0.3) is 0 Å². The van der Waals surface area contributed by atoms with Gasteiger partial charge in [0, 0.05) is 30.4 Å². The van der Waals surface area contributed by atoms with Crippen LogP contribution in [0.15, 0.2) is 54.7 Å². The van der Waals surface area contributed by atoms with Crippen molar-refractivity contribution in [2.24, 2.45) is 0 Å². The molecule has 0 saturated carbocycles. The Morgan fingerprint density at radius 1 is 0.821 bits per heavy atom. The van der Waals surface area contributed by atoms with Gasteiger partial charge in [-0.1, -0.05) is 12.1 Å². The summed E-state index contributed by atoms with van der Waals surface area (Å²) in [5.74, 6) is 2.36. The summed E-state index contributed by atoms with van der Waals surface area (Å²) < 4.78 is 16.0. The van der Waals surface area contributed by atoms with Gasteiger partial charge < -0.3 is 19.1 Å². The van der Waals surface area contributed by atoms with Crippen LogP contribution in [0.2, 0.25) is 0 Å². The highest BCUT2D eigenvalue weighted by Crippen LogP contribution is 2.33. The third kappa shape index (κ3) is 3.77. The molecule has 0 N–H and O–H groups in total. The van der Waals surface area contributed by atoms with Gasteiger partial charge in [0.05, 0.1) is 33.1 Å². The van der Waals surface area contributed by atoms with Gasteiger partial charge in [-0.05, 0) is 42.0 Å². The molecule has 6 nitrogen and oxygen atoms in total. The quantitative estimate of drug-likeness (QED) is 0.676. The minimum Gasteiger partial charge on any atom is -0.497 e. The number of methoxy groups -OCH3 is 2. The molecule has 3 aromatic rings. The fourth-order valence-electron chi connectivity index (χ4n) is 3.24. The molecule has 144 valence electrons. The first kappa shape index (κ1) is 18.3. The van der Waals surface area contributed by atoms with Crippen LogP contribution in [0.4, 0.5) is 5.95 Å². The monoisotopic (exact) mass is 377 g/mol. The van der Waals surface area contributed by atoms with E-state index >= 15 is 0 Å². The maximum absolute atomic E-state index is 5.45. The molecule has 0 spiro atoms. The van der Waals surface area contributed by atoms with Gasteiger partial charge in [0.2, 0.25) is 5.95 Å². The minimum atomic E-state index is 0.696. The van der Waals surface area contributed by atoms with Gasteiger partial charge in [-0.3, -0.25) is 0 Å². The van der Waals surface area contributed by atoms with E-state index < -0.39 is 0 Å². The van der Waals surface area contributed by atoms with Crippen LogP contribution in [0.5, 0.6) is 11.5 Å². The second-order valence-corrected chi connectivity index (χ2v) is 6.49. The van der Waals surface area contributed by atoms with Crippen LogP contribution in [0.1, 0.15) is 0 Å². The van der Waals surface area contributed by atoms with Crippen LogP contribution >= 0.6 is 0 Å². The topological polar surface area (TPSA) is 56.7 Å². The Kier molecular flexibility index (Phi) is 5.39. The molecule has 0 amide bonds. The Bertz CT molecular complexity index is 921. The first-order chi connectivity index (χ1) is 13.8. The average Bonchev–Trinajstić information content (AvgIpc) is 2.79. The van der Waals surface area contributed by atoms with Crippen LogP contribution in [0.25, 0.3) is 22.4 Å². The molecule has 0 radical (unpaired) electrons. The van der Waals surface area contributed by atoms with Crippen LogP contribution in [-0.4, -0.2) is 50.5 Å². The number of anilines is 1. The van der Waals surface area contributed by atoms with Crippen molar-refractivity contribution in [2.45, 2.75) is 0 Å². The number of morpholine rings is 1. The molecular formula is C22H23N3O3. The van der Waals surface area contributed by atoms with Crippen molar-refractivity contribution in [2.75, 3.05) is 45.4 Å². The van der Waals surface area contributed by atoms with Gasteiger partial charge in [-0.25, -0.2) is 9.97 Å². The van der Waals surface area contributed by atoms with Gasteiger partial charge in [-0.2, -0.15) is 0 Å². The number of hydrogen-bond donors (Lipinski definition) is 0. The molecule has 0 aliphatic carbocycles. The summed E-state index contributed by atoms with van der Waals surface area (Å²) in [6.45, 7) is 2.98. The van der Waals surface area contributed by atoms with E-state index in [-0.39, 0.29) is 0 Å². The van der Waals surface area contributed by atoms with Gasteiger partial charge in [0.15, 0.2) is 0 Å². The largest absolute Gasteiger partial charge is 0.497 e. The highest BCUT2D eigenvalue weighted by molar-refractivity contribution is 5.81. The van der Waals surface area contributed by atoms with Crippen LogP contribution in [-0.2, 0) is 4.74 Å². The molecular weight excluding hydrogens is 354 g/mol. The molecule has 28 heavy (non-hydrogen) atoms. The molecule has 4 rings (SSSR count). The molecule has 0 atom stereocenters. The van der Waals surface area contributed by atoms with Gasteiger partial charge in [0.1, 0.15) is 11.5 Å². The third-order valence-corrected chi connectivity index (χ3v) is 4.83. The minimum absolute atomic E-state index is 0.696. The summed E-state index contributed by atoms with van der Waals surface area (Å²) in [7, 11) is 3.33. The summed E-state index contributed by atoms with van der Waals surface area (Å²) in [6.07, 6.45) is 1.90. The van der Waals surface area contributed by atoms with Crippen molar-refractivity contribution in [1.29, 1.82) is 0 Å². The van der Waals surface area contributed by atoms with Crippen LogP contribution in [0, 0.1) is 0 Å². The lowest BCUT2D eigenvalue weighted by molar-refractivity contribution is 0.122. The van der Waals surface area contributed by atoms with E-state index in [4.69, 9.17) is 19.2 Å². The van der Waals surface area contributed by atoms with Crippen LogP contribution in [0.3, 0.4) is 0 Å². The summed E-state index contributed by atoms with van der Waals surface area (Å²) >= 11 is 0. The third-order valence-electron chi connectivity index (χ3n) is 4.83. The standard InChI is InChI=1S/C22H23N3O3/c1-26-18-7-3-16(4-8-18)20-15-23-22(25-11-13-28-14-12-25)24-21(20)17-5-9-19(27-2)10-6-17/h3-10,15H,11-14H2,1-2H3. The highest BCUT2D eigenvalue weighted by Gasteiger charge is 2.18. The predicted molar refractivity (Wildman–Crippen MR) is 109 cm³/mol. The first-order valence-corrected chi connectivity index (χ1v) is 9.27. The molecule has 1 saturated heterocycles. The molecule has 0 bridgehead atoms. The van der Waals surface area contributed by atoms with E-state index in [1.165, 1.54) is 0 Å². The fourth-order valence-corrected chi connectivity index (χ4v) is 3.24. The predicted octanol–water partition coefficient (Wildman–Crippen LogP) is 3.66. The number of aromatic nitrogens is 2. The number of rotatable bonds is 5. The zero-order valence-corrected chi connectivity index (χ0v) is 16.1. The van der Waals surface area contributed by atoms with E-state index in [0.29, 0.717) is 13.2 Å². The van der Waals surface area contributed by atoms with E-state index in [1.807, 2.05) is 54.7 Å². The SMILES string of the molecule is COc1ccc(-c2cnc(N3CCOCC3)nc2-c2ccc(OC)cc2)cc1. The lowest BCUT2D eigenvalue weighted by Gasteiger charge is -2.27. The summed E-state index contributed by atoms with van der Waals surface area (Å²) in [5, 5.41) is 0. The smallest absolute Gasteiger partial charge is 0.226 e. The Labute approximate surface area is 164 Å². The molecule has 1 aliphatic heterocycles. The highest BCUT2D eigenvalue weighted by atomic mass is 16.5. The number of nitrogens with zero attached hydrogens (tertiary/aromatic N) is 3. The van der Waals surface area contributed by atoms with Crippen molar-refractivity contribution in [3.8, 4) is 33.9 Å². The molecule has 1 fully saturated rings. The Morgan fingerprint density at radius 3 is 1.96 bits per heavy atom. The van der Waals surface area contributed by atoms with Gasteiger partial charge >= 0.3 is 0 Å². The van der Waals surface area contributed by atoms with E-state index in [1.54, 1.807) is 14.2 Å². The zero-order valence-electron chi connectivity index (χ0n) is 16.1. The summed E-state index contributed by atoms with van der Waals surface area (Å²) in [4.78, 5) is 11.7. The average molecular weight is 377 g/mol. The van der Waals surface area contributed by atoms with Crippen LogP contribution < -0.4 is 14.4 Å². The van der Waals surface area contributed by atoms with Gasteiger partial charge in [-0.15, -0.1) is 0 Å². The lowest BCUT2D eigenvalue weighted by Crippen LogP contribution is -2.37. The van der Waals surface area contributed by atoms with Crippen molar-refractivity contribution in [1.82, 2.24) is 9.97 Å². The van der Waals surface area contributed by atoms with Crippen molar-refractivity contribution >= 4 is 5.95 Å². The molecule has 2 heterocycles. The fraction of sp³-hybridized carbons (Fsp3) is 0.273. The number of ether oxygens (including phenoxy) is 3.